The predicted molar refractivity (Wildman–Crippen MR) is 83.6 cm³/mol. The van der Waals surface area contributed by atoms with Crippen molar-refractivity contribution in [2.75, 3.05) is 12.8 Å². The number of para-hydroxylation sites is 1. The molecule has 0 unspecified atom stereocenters. The van der Waals surface area contributed by atoms with E-state index in [1.165, 1.54) is 0 Å². The summed E-state index contributed by atoms with van der Waals surface area (Å²) in [6.45, 7) is 5.80. The van der Waals surface area contributed by atoms with Crippen LogP contribution in [0, 0.1) is 6.92 Å². The molecule has 2 rings (SSSR count). The molecular formula is C15H21N3OS. The molecule has 0 aliphatic heterocycles. The van der Waals surface area contributed by atoms with E-state index in [1.54, 1.807) is 16.4 Å². The molecule has 5 heteroatoms. The van der Waals surface area contributed by atoms with Gasteiger partial charge in [0.05, 0.1) is 11.3 Å². The molecule has 0 aliphatic carbocycles. The second-order valence-corrected chi connectivity index (χ2v) is 5.37. The minimum absolute atomic E-state index is 0.771. The summed E-state index contributed by atoms with van der Waals surface area (Å²) in [6, 6.07) is 8.06. The fraction of sp³-hybridized carbons (Fsp3) is 0.400. The van der Waals surface area contributed by atoms with Crippen molar-refractivity contribution < 1.29 is 4.74 Å². The van der Waals surface area contributed by atoms with Crippen LogP contribution in [0.4, 0.5) is 0 Å². The molecule has 0 saturated carbocycles. The van der Waals surface area contributed by atoms with Crippen LogP contribution in [-0.2, 0) is 13.6 Å². The molecule has 2 aromatic rings. The summed E-state index contributed by atoms with van der Waals surface area (Å²) in [4.78, 5) is 1.13. The van der Waals surface area contributed by atoms with Crippen molar-refractivity contribution in [3.63, 3.8) is 0 Å². The number of rotatable bonds is 6. The van der Waals surface area contributed by atoms with Gasteiger partial charge in [-0.15, -0.1) is 11.8 Å². The van der Waals surface area contributed by atoms with Crippen molar-refractivity contribution in [3.8, 4) is 11.6 Å². The fourth-order valence-corrected chi connectivity index (χ4v) is 2.59. The van der Waals surface area contributed by atoms with Crippen molar-refractivity contribution >= 4 is 11.8 Å². The molecule has 1 heterocycles. The van der Waals surface area contributed by atoms with Crippen molar-refractivity contribution in [1.82, 2.24) is 15.1 Å². The zero-order valence-corrected chi connectivity index (χ0v) is 13.3. The summed E-state index contributed by atoms with van der Waals surface area (Å²) in [7, 11) is 1.92. The second-order valence-electron chi connectivity index (χ2n) is 4.53. The van der Waals surface area contributed by atoms with Gasteiger partial charge in [-0.05, 0) is 31.9 Å². The Kier molecular flexibility index (Phi) is 5.09. The maximum atomic E-state index is 6.12. The lowest BCUT2D eigenvalue weighted by molar-refractivity contribution is 0.415. The first kappa shape index (κ1) is 14.9. The highest BCUT2D eigenvalue weighted by Gasteiger charge is 2.16. The first-order valence-corrected chi connectivity index (χ1v) is 7.93. The van der Waals surface area contributed by atoms with E-state index in [0.29, 0.717) is 0 Å². The van der Waals surface area contributed by atoms with Crippen molar-refractivity contribution in [2.24, 2.45) is 7.05 Å². The number of ether oxygens (including phenoxy) is 1. The van der Waals surface area contributed by atoms with Crippen LogP contribution in [0.3, 0.4) is 0 Å². The van der Waals surface area contributed by atoms with Crippen LogP contribution in [0.25, 0.3) is 0 Å². The second kappa shape index (κ2) is 6.81. The average molecular weight is 291 g/mol. The highest BCUT2D eigenvalue weighted by molar-refractivity contribution is 7.98. The topological polar surface area (TPSA) is 39.1 Å². The Labute approximate surface area is 124 Å². The molecule has 0 saturated heterocycles. The van der Waals surface area contributed by atoms with Gasteiger partial charge in [-0.25, -0.2) is 4.68 Å². The number of hydrogen-bond acceptors (Lipinski definition) is 4. The molecule has 4 nitrogen and oxygen atoms in total. The van der Waals surface area contributed by atoms with Gasteiger partial charge >= 0.3 is 0 Å². The van der Waals surface area contributed by atoms with Crippen LogP contribution in [0.2, 0.25) is 0 Å². The summed E-state index contributed by atoms with van der Waals surface area (Å²) in [5.41, 5.74) is 2.12. The van der Waals surface area contributed by atoms with Crippen LogP contribution >= 0.6 is 11.8 Å². The molecule has 0 bridgehead atoms. The molecule has 0 spiro atoms. The Bertz CT molecular complexity index is 580. The molecular weight excluding hydrogens is 270 g/mol. The van der Waals surface area contributed by atoms with Crippen LogP contribution in [-0.4, -0.2) is 22.6 Å². The zero-order chi connectivity index (χ0) is 14.5. The van der Waals surface area contributed by atoms with Crippen molar-refractivity contribution in [1.29, 1.82) is 0 Å². The number of thioether (sulfide) groups is 1. The summed E-state index contributed by atoms with van der Waals surface area (Å²) in [5, 5.41) is 7.80. The molecule has 0 aliphatic rings. The zero-order valence-electron chi connectivity index (χ0n) is 12.4. The molecule has 0 radical (unpaired) electrons. The molecule has 0 atom stereocenters. The largest absolute Gasteiger partial charge is 0.438 e. The standard InChI is InChI=1S/C15H21N3OS/c1-5-16-10-12-11(2)17-18(3)15(12)19-13-8-6-7-9-14(13)20-4/h6-9,16H,5,10H2,1-4H3. The van der Waals surface area contributed by atoms with Gasteiger partial charge in [0, 0.05) is 18.5 Å². The molecule has 1 aromatic heterocycles. The SMILES string of the molecule is CCNCc1c(C)nn(C)c1Oc1ccccc1SC. The molecule has 0 amide bonds. The van der Waals surface area contributed by atoms with Gasteiger partial charge in [-0.3, -0.25) is 0 Å². The Morgan fingerprint density at radius 3 is 2.80 bits per heavy atom. The van der Waals surface area contributed by atoms with Gasteiger partial charge < -0.3 is 10.1 Å². The number of aryl methyl sites for hydroxylation is 2. The van der Waals surface area contributed by atoms with Crippen LogP contribution in [0.5, 0.6) is 11.6 Å². The third-order valence-corrected chi connectivity index (χ3v) is 3.89. The summed E-state index contributed by atoms with van der Waals surface area (Å²) < 4.78 is 7.92. The molecule has 1 N–H and O–H groups in total. The average Bonchev–Trinajstić information content (AvgIpc) is 2.71. The lowest BCUT2D eigenvalue weighted by atomic mass is 10.2. The first-order chi connectivity index (χ1) is 9.67. The number of aromatic nitrogens is 2. The predicted octanol–water partition coefficient (Wildman–Crippen LogP) is 3.35. The Morgan fingerprint density at radius 1 is 1.35 bits per heavy atom. The van der Waals surface area contributed by atoms with E-state index < -0.39 is 0 Å². The summed E-state index contributed by atoms with van der Waals surface area (Å²) in [6.07, 6.45) is 2.05. The summed E-state index contributed by atoms with van der Waals surface area (Å²) in [5.74, 6) is 1.69. The molecule has 1 aromatic carbocycles. The maximum Gasteiger partial charge on any atom is 0.222 e. The van der Waals surface area contributed by atoms with E-state index in [0.717, 1.165) is 40.9 Å². The van der Waals surface area contributed by atoms with Crippen molar-refractivity contribution in [2.45, 2.75) is 25.3 Å². The fourth-order valence-electron chi connectivity index (χ4n) is 2.07. The van der Waals surface area contributed by atoms with Gasteiger partial charge in [0.15, 0.2) is 0 Å². The number of hydrogen-bond donors (Lipinski definition) is 1. The molecule has 0 fully saturated rings. The van der Waals surface area contributed by atoms with E-state index in [4.69, 9.17) is 4.74 Å². The van der Waals surface area contributed by atoms with Crippen LogP contribution in [0.15, 0.2) is 29.2 Å². The van der Waals surface area contributed by atoms with E-state index in [9.17, 15) is 0 Å². The monoisotopic (exact) mass is 291 g/mol. The minimum atomic E-state index is 0.771. The van der Waals surface area contributed by atoms with Gasteiger partial charge in [0.25, 0.3) is 0 Å². The van der Waals surface area contributed by atoms with Gasteiger partial charge in [0.1, 0.15) is 5.75 Å². The van der Waals surface area contributed by atoms with Crippen molar-refractivity contribution in [3.05, 3.63) is 35.5 Å². The van der Waals surface area contributed by atoms with Gasteiger partial charge in [-0.1, -0.05) is 19.1 Å². The van der Waals surface area contributed by atoms with Gasteiger partial charge in [0.2, 0.25) is 5.88 Å². The van der Waals surface area contributed by atoms with Crippen LogP contribution in [0.1, 0.15) is 18.2 Å². The highest BCUT2D eigenvalue weighted by Crippen LogP contribution is 2.33. The quantitative estimate of drug-likeness (QED) is 0.828. The lowest BCUT2D eigenvalue weighted by Gasteiger charge is -2.11. The molecule has 20 heavy (non-hydrogen) atoms. The lowest BCUT2D eigenvalue weighted by Crippen LogP contribution is -2.12. The number of benzene rings is 1. The van der Waals surface area contributed by atoms with E-state index in [2.05, 4.69) is 29.7 Å². The minimum Gasteiger partial charge on any atom is -0.438 e. The van der Waals surface area contributed by atoms with E-state index in [-0.39, 0.29) is 0 Å². The first-order valence-electron chi connectivity index (χ1n) is 6.71. The third kappa shape index (κ3) is 3.16. The van der Waals surface area contributed by atoms with Crippen LogP contribution < -0.4 is 10.1 Å². The normalized spacial score (nSPS) is 10.8. The van der Waals surface area contributed by atoms with Gasteiger partial charge in [-0.2, -0.15) is 5.10 Å². The third-order valence-electron chi connectivity index (χ3n) is 3.12. The Morgan fingerprint density at radius 2 is 2.10 bits per heavy atom. The summed E-state index contributed by atoms with van der Waals surface area (Å²) >= 11 is 1.68. The smallest absolute Gasteiger partial charge is 0.222 e. The Hall–Kier alpha value is -1.46. The maximum absolute atomic E-state index is 6.12. The Balaban J connectivity index is 2.32. The number of nitrogens with one attached hydrogen (secondary N) is 1. The molecule has 108 valence electrons. The highest BCUT2D eigenvalue weighted by atomic mass is 32.2. The van der Waals surface area contributed by atoms with E-state index >= 15 is 0 Å². The van der Waals surface area contributed by atoms with E-state index in [1.807, 2.05) is 32.2 Å². The number of nitrogens with zero attached hydrogens (tertiary/aromatic N) is 2.